The zero-order chi connectivity index (χ0) is 17.0. The van der Waals surface area contributed by atoms with Crippen LogP contribution in [0.3, 0.4) is 0 Å². The maximum absolute atomic E-state index is 12.2. The lowest BCUT2D eigenvalue weighted by molar-refractivity contribution is 0.0600. The molecule has 2 heterocycles. The second kappa shape index (κ2) is 7.01. The Morgan fingerprint density at radius 2 is 2.00 bits per heavy atom. The van der Waals surface area contributed by atoms with Crippen molar-refractivity contribution in [2.24, 2.45) is 5.92 Å². The summed E-state index contributed by atoms with van der Waals surface area (Å²) < 4.78 is 4.90. The summed E-state index contributed by atoms with van der Waals surface area (Å²) in [5, 5.41) is 9.69. The minimum atomic E-state index is -0.491. The summed E-state index contributed by atoms with van der Waals surface area (Å²) in [5.74, 6) is -0.141. The summed E-state index contributed by atoms with van der Waals surface area (Å²) in [4.78, 5) is 20.7. The molecule has 5 nitrogen and oxygen atoms in total. The summed E-state index contributed by atoms with van der Waals surface area (Å²) in [6.45, 7) is 5.90. The van der Waals surface area contributed by atoms with Crippen molar-refractivity contribution in [3.05, 3.63) is 47.0 Å². The summed E-state index contributed by atoms with van der Waals surface area (Å²) in [6, 6.07) is 5.78. The molecule has 23 heavy (non-hydrogen) atoms. The lowest BCUT2D eigenvalue weighted by Crippen LogP contribution is -2.13. The Balaban J connectivity index is 2.84. The van der Waals surface area contributed by atoms with Gasteiger partial charge in [0.2, 0.25) is 0 Å². The number of hydrogen-bond donors (Lipinski definition) is 0. The fourth-order valence-electron chi connectivity index (χ4n) is 2.58. The highest BCUT2D eigenvalue weighted by Gasteiger charge is 2.24. The number of pyridine rings is 2. The molecule has 0 aliphatic rings. The van der Waals surface area contributed by atoms with E-state index < -0.39 is 5.97 Å². The summed E-state index contributed by atoms with van der Waals surface area (Å²) in [6.07, 6.45) is 3.94. The third kappa shape index (κ3) is 3.37. The molecule has 0 unspecified atom stereocenters. The van der Waals surface area contributed by atoms with Crippen molar-refractivity contribution in [3.63, 3.8) is 0 Å². The number of carbonyl (C=O) groups is 1. The Labute approximate surface area is 136 Å². The lowest BCUT2D eigenvalue weighted by atomic mass is 9.91. The molecule has 0 N–H and O–H groups in total. The number of ether oxygens (including phenoxy) is 1. The second-order valence-corrected chi connectivity index (χ2v) is 5.71. The van der Waals surface area contributed by atoms with Gasteiger partial charge in [0.25, 0.3) is 0 Å². The average molecular weight is 309 g/mol. The number of carbonyl (C=O) groups excluding carboxylic acids is 1. The molecule has 2 aromatic rings. The van der Waals surface area contributed by atoms with Gasteiger partial charge < -0.3 is 4.74 Å². The van der Waals surface area contributed by atoms with Crippen molar-refractivity contribution in [1.82, 2.24) is 9.97 Å². The zero-order valence-electron chi connectivity index (χ0n) is 13.8. The smallest absolute Gasteiger partial charge is 0.340 e. The maximum Gasteiger partial charge on any atom is 0.340 e. The van der Waals surface area contributed by atoms with Gasteiger partial charge in [0.05, 0.1) is 29.6 Å². The highest BCUT2D eigenvalue weighted by molar-refractivity contribution is 6.00. The van der Waals surface area contributed by atoms with Crippen LogP contribution in [0.2, 0.25) is 0 Å². The molecule has 0 fully saturated rings. The van der Waals surface area contributed by atoms with E-state index in [1.165, 1.54) is 7.11 Å². The Kier molecular flexibility index (Phi) is 5.07. The van der Waals surface area contributed by atoms with Crippen molar-refractivity contribution in [2.75, 3.05) is 7.11 Å². The van der Waals surface area contributed by atoms with Gasteiger partial charge in [0, 0.05) is 18.0 Å². The number of nitrogens with zero attached hydrogens (tertiary/aromatic N) is 3. The largest absolute Gasteiger partial charge is 0.465 e. The molecule has 0 atom stereocenters. The molecule has 0 spiro atoms. The van der Waals surface area contributed by atoms with Gasteiger partial charge in [-0.15, -0.1) is 0 Å². The molecule has 0 saturated carbocycles. The van der Waals surface area contributed by atoms with Crippen molar-refractivity contribution < 1.29 is 9.53 Å². The van der Waals surface area contributed by atoms with E-state index >= 15 is 0 Å². The van der Waals surface area contributed by atoms with E-state index in [-0.39, 0.29) is 0 Å². The van der Waals surface area contributed by atoms with Gasteiger partial charge >= 0.3 is 5.97 Å². The Hall–Kier alpha value is -2.74. The van der Waals surface area contributed by atoms with Gasteiger partial charge in [-0.3, -0.25) is 9.97 Å². The quantitative estimate of drug-likeness (QED) is 0.810. The first-order valence-electron chi connectivity index (χ1n) is 7.41. The van der Waals surface area contributed by atoms with Crippen molar-refractivity contribution in [3.8, 4) is 17.2 Å². The fourth-order valence-corrected chi connectivity index (χ4v) is 2.58. The van der Waals surface area contributed by atoms with Crippen LogP contribution < -0.4 is 0 Å². The molecule has 0 saturated heterocycles. The molecular weight excluding hydrogens is 290 g/mol. The third-order valence-electron chi connectivity index (χ3n) is 3.52. The SMILES string of the molecule is COC(=O)c1c(C)nc(CC(C)C)c(C#N)c1-c1ccncc1. The number of aryl methyl sites for hydroxylation is 1. The molecule has 0 aromatic carbocycles. The zero-order valence-corrected chi connectivity index (χ0v) is 13.8. The molecule has 0 aliphatic carbocycles. The lowest BCUT2D eigenvalue weighted by Gasteiger charge is -2.16. The molecule has 0 amide bonds. The van der Waals surface area contributed by atoms with E-state index in [1.54, 1.807) is 31.5 Å². The number of esters is 1. The normalized spacial score (nSPS) is 10.4. The van der Waals surface area contributed by atoms with E-state index in [2.05, 4.69) is 29.9 Å². The van der Waals surface area contributed by atoms with E-state index in [1.807, 2.05) is 0 Å². The standard InChI is InChI=1S/C18H19N3O2/c1-11(2)9-15-14(10-19)17(13-5-7-20-8-6-13)16(12(3)21-15)18(22)23-4/h5-8,11H,9H2,1-4H3. The highest BCUT2D eigenvalue weighted by atomic mass is 16.5. The van der Waals surface area contributed by atoms with E-state index in [0.29, 0.717) is 40.4 Å². The van der Waals surface area contributed by atoms with Crippen LogP contribution in [-0.2, 0) is 11.2 Å². The summed E-state index contributed by atoms with van der Waals surface area (Å²) in [5.41, 5.74) is 3.37. The number of aromatic nitrogens is 2. The number of rotatable bonds is 4. The first kappa shape index (κ1) is 16.6. The molecule has 5 heteroatoms. The van der Waals surface area contributed by atoms with Crippen LogP contribution in [-0.4, -0.2) is 23.0 Å². The predicted molar refractivity (Wildman–Crippen MR) is 86.8 cm³/mol. The first-order chi connectivity index (χ1) is 11.0. The Bertz CT molecular complexity index is 762. The predicted octanol–water partition coefficient (Wildman–Crippen LogP) is 3.31. The first-order valence-corrected chi connectivity index (χ1v) is 7.41. The fraction of sp³-hybridized carbons (Fsp3) is 0.333. The molecule has 118 valence electrons. The number of methoxy groups -OCH3 is 1. The minimum Gasteiger partial charge on any atom is -0.465 e. The van der Waals surface area contributed by atoms with Crippen molar-refractivity contribution in [2.45, 2.75) is 27.2 Å². The monoisotopic (exact) mass is 309 g/mol. The topological polar surface area (TPSA) is 75.9 Å². The van der Waals surface area contributed by atoms with Crippen LogP contribution in [0.4, 0.5) is 0 Å². The Morgan fingerprint density at radius 1 is 1.35 bits per heavy atom. The Morgan fingerprint density at radius 3 is 2.52 bits per heavy atom. The van der Waals surface area contributed by atoms with Gasteiger partial charge in [-0.05, 0) is 37.0 Å². The van der Waals surface area contributed by atoms with Gasteiger partial charge in [0.15, 0.2) is 0 Å². The average Bonchev–Trinajstić information content (AvgIpc) is 2.54. The maximum atomic E-state index is 12.2. The van der Waals surface area contributed by atoms with Gasteiger partial charge in [-0.25, -0.2) is 4.79 Å². The number of nitriles is 1. The molecule has 0 aliphatic heterocycles. The van der Waals surface area contributed by atoms with E-state index in [4.69, 9.17) is 4.74 Å². The van der Waals surface area contributed by atoms with E-state index in [9.17, 15) is 10.1 Å². The van der Waals surface area contributed by atoms with Gasteiger partial charge in [0.1, 0.15) is 6.07 Å². The molecular formula is C18H19N3O2. The van der Waals surface area contributed by atoms with Crippen LogP contribution in [0, 0.1) is 24.2 Å². The minimum absolute atomic E-state index is 0.336. The van der Waals surface area contributed by atoms with Crippen LogP contribution in [0.25, 0.3) is 11.1 Å². The molecule has 0 bridgehead atoms. The highest BCUT2D eigenvalue weighted by Crippen LogP contribution is 2.32. The van der Waals surface area contributed by atoms with E-state index in [0.717, 1.165) is 5.56 Å². The van der Waals surface area contributed by atoms with Crippen LogP contribution in [0.15, 0.2) is 24.5 Å². The summed E-state index contributed by atoms with van der Waals surface area (Å²) in [7, 11) is 1.33. The number of hydrogen-bond acceptors (Lipinski definition) is 5. The van der Waals surface area contributed by atoms with Crippen molar-refractivity contribution >= 4 is 5.97 Å². The van der Waals surface area contributed by atoms with Gasteiger partial charge in [-0.1, -0.05) is 13.8 Å². The second-order valence-electron chi connectivity index (χ2n) is 5.71. The summed E-state index contributed by atoms with van der Waals surface area (Å²) >= 11 is 0. The molecule has 0 radical (unpaired) electrons. The van der Waals surface area contributed by atoms with Crippen LogP contribution in [0.5, 0.6) is 0 Å². The molecule has 2 rings (SSSR count). The van der Waals surface area contributed by atoms with Gasteiger partial charge in [-0.2, -0.15) is 5.26 Å². The van der Waals surface area contributed by atoms with Crippen molar-refractivity contribution in [1.29, 1.82) is 5.26 Å². The van der Waals surface area contributed by atoms with Crippen LogP contribution >= 0.6 is 0 Å². The van der Waals surface area contributed by atoms with Crippen LogP contribution in [0.1, 0.15) is 41.2 Å². The molecule has 2 aromatic heterocycles. The third-order valence-corrected chi connectivity index (χ3v) is 3.52.